The van der Waals surface area contributed by atoms with E-state index in [4.69, 9.17) is 5.11 Å². The van der Waals surface area contributed by atoms with Crippen LogP contribution in [-0.2, 0) is 19.4 Å². The van der Waals surface area contributed by atoms with Crippen molar-refractivity contribution in [3.05, 3.63) is 0 Å². The van der Waals surface area contributed by atoms with E-state index in [0.717, 1.165) is 6.26 Å². The molecule has 0 saturated heterocycles. The number of nitrogens with one attached hydrogen (secondary N) is 1. The first-order valence-electron chi connectivity index (χ1n) is 5.33. The summed E-state index contributed by atoms with van der Waals surface area (Å²) in [6.45, 7) is 4.72. The molecule has 0 aliphatic carbocycles. The number of aliphatic carboxylic acids is 1. The van der Waals surface area contributed by atoms with E-state index in [9.17, 15) is 18.0 Å². The van der Waals surface area contributed by atoms with E-state index in [1.807, 2.05) is 0 Å². The highest BCUT2D eigenvalue weighted by Crippen LogP contribution is 2.09. The second kappa shape index (κ2) is 6.00. The molecule has 7 heteroatoms. The number of amides is 1. The van der Waals surface area contributed by atoms with E-state index in [0.29, 0.717) is 6.42 Å². The first-order valence-corrected chi connectivity index (χ1v) is 7.28. The van der Waals surface area contributed by atoms with Crippen LogP contribution in [0.2, 0.25) is 0 Å². The Bertz CT molecular complexity index is 390. The summed E-state index contributed by atoms with van der Waals surface area (Å²) >= 11 is 0. The number of carbonyl (C=O) groups excluding carboxylic acids is 1. The van der Waals surface area contributed by atoms with Gasteiger partial charge in [0.2, 0.25) is 5.91 Å². The molecule has 0 radical (unpaired) electrons. The van der Waals surface area contributed by atoms with Crippen molar-refractivity contribution in [1.29, 1.82) is 0 Å². The minimum Gasteiger partial charge on any atom is -0.480 e. The van der Waals surface area contributed by atoms with Crippen LogP contribution < -0.4 is 5.32 Å². The van der Waals surface area contributed by atoms with Crippen LogP contribution >= 0.6 is 0 Å². The number of carboxylic acid groups (broad SMARTS) is 1. The average Bonchev–Trinajstić information content (AvgIpc) is 2.21. The normalized spacial score (nSPS) is 16.9. The molecule has 0 aromatic carbocycles. The first-order chi connectivity index (χ1) is 7.61. The zero-order valence-electron chi connectivity index (χ0n) is 10.4. The van der Waals surface area contributed by atoms with Gasteiger partial charge in [0.25, 0.3) is 0 Å². The van der Waals surface area contributed by atoms with Gasteiger partial charge in [-0.1, -0.05) is 20.3 Å². The van der Waals surface area contributed by atoms with Crippen LogP contribution in [0.1, 0.15) is 27.2 Å². The molecule has 100 valence electrons. The van der Waals surface area contributed by atoms with Crippen LogP contribution in [0.4, 0.5) is 0 Å². The molecule has 1 amide bonds. The van der Waals surface area contributed by atoms with Crippen LogP contribution in [-0.4, -0.2) is 42.9 Å². The zero-order valence-corrected chi connectivity index (χ0v) is 11.2. The lowest BCUT2D eigenvalue weighted by Crippen LogP contribution is -2.49. The fraction of sp³-hybridized carbons (Fsp3) is 0.800. The molecule has 0 aliphatic heterocycles. The summed E-state index contributed by atoms with van der Waals surface area (Å²) in [6, 6.07) is -1.06. The third-order valence-corrected chi connectivity index (χ3v) is 4.29. The number of carbonyl (C=O) groups is 2. The Morgan fingerprint density at radius 1 is 1.29 bits per heavy atom. The van der Waals surface area contributed by atoms with Gasteiger partial charge in [0.15, 0.2) is 9.84 Å². The van der Waals surface area contributed by atoms with Crippen molar-refractivity contribution in [3.8, 4) is 0 Å². The summed E-state index contributed by atoms with van der Waals surface area (Å²) in [6.07, 6.45) is 1.51. The average molecular weight is 265 g/mol. The predicted molar refractivity (Wildman–Crippen MR) is 63.3 cm³/mol. The summed E-state index contributed by atoms with van der Waals surface area (Å²) in [5.74, 6) is -2.20. The molecule has 0 aromatic rings. The Labute approximate surface area is 101 Å². The smallest absolute Gasteiger partial charge is 0.326 e. The summed E-state index contributed by atoms with van der Waals surface area (Å²) in [5.41, 5.74) is 0. The fourth-order valence-corrected chi connectivity index (χ4v) is 1.61. The highest BCUT2D eigenvalue weighted by molar-refractivity contribution is 7.92. The van der Waals surface area contributed by atoms with Gasteiger partial charge in [-0.3, -0.25) is 4.79 Å². The topological polar surface area (TPSA) is 101 Å². The van der Waals surface area contributed by atoms with Crippen molar-refractivity contribution in [2.24, 2.45) is 5.92 Å². The van der Waals surface area contributed by atoms with Crippen LogP contribution in [0.25, 0.3) is 0 Å². The molecule has 2 N–H and O–H groups in total. The molecule has 0 aliphatic rings. The zero-order chi connectivity index (χ0) is 13.8. The Balaban J connectivity index is 4.80. The first kappa shape index (κ1) is 15.9. The fourth-order valence-electron chi connectivity index (χ4n) is 1.15. The maximum atomic E-state index is 11.6. The minimum absolute atomic E-state index is 0.261. The Kier molecular flexibility index (Phi) is 5.60. The minimum atomic E-state index is -3.51. The maximum Gasteiger partial charge on any atom is 0.326 e. The van der Waals surface area contributed by atoms with Gasteiger partial charge in [0.05, 0.1) is 0 Å². The third kappa shape index (κ3) is 4.72. The summed E-state index contributed by atoms with van der Waals surface area (Å²) in [4.78, 5) is 22.5. The molecule has 17 heavy (non-hydrogen) atoms. The lowest BCUT2D eigenvalue weighted by Gasteiger charge is -2.21. The van der Waals surface area contributed by atoms with Gasteiger partial charge in [-0.05, 0) is 12.8 Å². The lowest BCUT2D eigenvalue weighted by molar-refractivity contribution is -0.143. The predicted octanol–water partition coefficient (Wildman–Crippen LogP) is 0.0350. The van der Waals surface area contributed by atoms with Gasteiger partial charge in [-0.15, -0.1) is 0 Å². The number of sulfone groups is 1. The standard InChI is InChI=1S/C10H19NO5S/c1-5-6(2)8(10(13)14)11-9(12)7(3)17(4,15)16/h6-8H,5H2,1-4H3,(H,11,12)(H,13,14)/t6-,7?,8-/m0/s1. The van der Waals surface area contributed by atoms with Crippen LogP contribution in [0.3, 0.4) is 0 Å². The van der Waals surface area contributed by atoms with Gasteiger partial charge in [0, 0.05) is 6.26 Å². The molecule has 0 rings (SSSR count). The molecule has 0 saturated carbocycles. The molecule has 0 spiro atoms. The molecule has 6 nitrogen and oxygen atoms in total. The van der Waals surface area contributed by atoms with Gasteiger partial charge in [-0.2, -0.15) is 0 Å². The SMILES string of the molecule is CC[C@H](C)[C@H](NC(=O)C(C)S(C)(=O)=O)C(=O)O. The van der Waals surface area contributed by atoms with Crippen molar-refractivity contribution in [2.75, 3.05) is 6.26 Å². The molecule has 0 bridgehead atoms. The van der Waals surface area contributed by atoms with Gasteiger partial charge >= 0.3 is 5.97 Å². The molecular formula is C10H19NO5S. The third-order valence-electron chi connectivity index (χ3n) is 2.79. The van der Waals surface area contributed by atoms with E-state index in [1.165, 1.54) is 6.92 Å². The largest absolute Gasteiger partial charge is 0.480 e. The number of hydrogen-bond donors (Lipinski definition) is 2. The van der Waals surface area contributed by atoms with Crippen molar-refractivity contribution < 1.29 is 23.1 Å². The van der Waals surface area contributed by atoms with Gasteiger partial charge in [0.1, 0.15) is 11.3 Å². The maximum absolute atomic E-state index is 11.6. The molecule has 0 heterocycles. The van der Waals surface area contributed by atoms with Crippen LogP contribution in [0.5, 0.6) is 0 Å². The quantitative estimate of drug-likeness (QED) is 0.706. The monoisotopic (exact) mass is 265 g/mol. The summed E-state index contributed by atoms with van der Waals surface area (Å²) in [5, 5.41) is 9.96. The Morgan fingerprint density at radius 2 is 1.76 bits per heavy atom. The highest BCUT2D eigenvalue weighted by atomic mass is 32.2. The summed E-state index contributed by atoms with van der Waals surface area (Å²) in [7, 11) is -3.51. The molecule has 0 aromatic heterocycles. The second-order valence-corrected chi connectivity index (χ2v) is 6.55. The van der Waals surface area contributed by atoms with E-state index in [-0.39, 0.29) is 5.92 Å². The van der Waals surface area contributed by atoms with Gasteiger partial charge < -0.3 is 10.4 Å². The van der Waals surface area contributed by atoms with Gasteiger partial charge in [-0.25, -0.2) is 13.2 Å². The van der Waals surface area contributed by atoms with Crippen LogP contribution in [0, 0.1) is 5.92 Å². The van der Waals surface area contributed by atoms with Crippen LogP contribution in [0.15, 0.2) is 0 Å². The molecular weight excluding hydrogens is 246 g/mol. The van der Waals surface area contributed by atoms with Crippen molar-refractivity contribution in [2.45, 2.75) is 38.5 Å². The molecule has 0 fully saturated rings. The van der Waals surface area contributed by atoms with E-state index in [2.05, 4.69) is 5.32 Å². The van der Waals surface area contributed by atoms with Crippen molar-refractivity contribution >= 4 is 21.7 Å². The second-order valence-electron chi connectivity index (χ2n) is 4.18. The number of carboxylic acids is 1. The van der Waals surface area contributed by atoms with E-state index in [1.54, 1.807) is 13.8 Å². The van der Waals surface area contributed by atoms with Crippen molar-refractivity contribution in [3.63, 3.8) is 0 Å². The van der Waals surface area contributed by atoms with Crippen molar-refractivity contribution in [1.82, 2.24) is 5.32 Å². The molecule has 1 unspecified atom stereocenters. The van der Waals surface area contributed by atoms with E-state index >= 15 is 0 Å². The van der Waals surface area contributed by atoms with E-state index < -0.39 is 33.0 Å². The lowest BCUT2D eigenvalue weighted by atomic mass is 9.99. The molecule has 3 atom stereocenters. The highest BCUT2D eigenvalue weighted by Gasteiger charge is 2.30. The number of rotatable bonds is 6. The summed E-state index contributed by atoms with van der Waals surface area (Å²) < 4.78 is 22.3. The Hall–Kier alpha value is -1.11. The number of hydrogen-bond acceptors (Lipinski definition) is 4. The Morgan fingerprint density at radius 3 is 2.06 bits per heavy atom.